The molecule has 2 amide bonds. The van der Waals surface area contributed by atoms with Crippen LogP contribution in [0.5, 0.6) is 0 Å². The second-order valence-electron chi connectivity index (χ2n) is 7.45. The summed E-state index contributed by atoms with van der Waals surface area (Å²) in [6.45, 7) is 4.25. The quantitative estimate of drug-likeness (QED) is 0.765. The highest BCUT2D eigenvalue weighted by molar-refractivity contribution is 5.89. The number of nitrogens with zero attached hydrogens (tertiary/aromatic N) is 2. The van der Waals surface area contributed by atoms with Crippen LogP contribution in [0.15, 0.2) is 0 Å². The molecule has 0 aromatic rings. The number of likely N-dealkylation sites (tertiary alicyclic amines) is 1. The van der Waals surface area contributed by atoms with Gasteiger partial charge in [0.1, 0.15) is 6.54 Å². The van der Waals surface area contributed by atoms with E-state index in [-0.39, 0.29) is 30.8 Å². The molecule has 1 heterocycles. The molecular formula is C17H27F3N2O2. The summed E-state index contributed by atoms with van der Waals surface area (Å²) in [5.41, 5.74) is 0. The molecule has 2 atom stereocenters. The van der Waals surface area contributed by atoms with E-state index in [1.807, 2.05) is 0 Å². The van der Waals surface area contributed by atoms with Gasteiger partial charge in [-0.3, -0.25) is 9.59 Å². The van der Waals surface area contributed by atoms with Crippen LogP contribution in [0.3, 0.4) is 0 Å². The molecular weight excluding hydrogens is 321 g/mol. The number of carbonyl (C=O) groups is 2. The molecule has 138 valence electrons. The number of carbonyl (C=O) groups excluding carboxylic acids is 2. The van der Waals surface area contributed by atoms with Crippen LogP contribution in [0.1, 0.15) is 52.9 Å². The second-order valence-corrected chi connectivity index (χ2v) is 7.45. The third kappa shape index (κ3) is 4.42. The van der Waals surface area contributed by atoms with Crippen LogP contribution >= 0.6 is 0 Å². The smallest absolute Gasteiger partial charge is 0.339 e. The third-order valence-corrected chi connectivity index (χ3v) is 5.36. The first kappa shape index (κ1) is 19.1. The number of hydrogen-bond donors (Lipinski definition) is 0. The standard InChI is InChI=1S/C17H27F3N2O2/c1-11(2)12(3)22(10-17(18,19)20)16(24)13-8-15(23)21(9-13)14-6-4-5-7-14/h11-14H,4-10H2,1-3H3. The molecule has 7 heteroatoms. The Morgan fingerprint density at radius 2 is 1.83 bits per heavy atom. The van der Waals surface area contributed by atoms with Gasteiger partial charge in [-0.25, -0.2) is 0 Å². The highest BCUT2D eigenvalue weighted by Gasteiger charge is 2.43. The van der Waals surface area contributed by atoms with E-state index in [1.165, 1.54) is 0 Å². The van der Waals surface area contributed by atoms with Crippen LogP contribution in [0.4, 0.5) is 13.2 Å². The van der Waals surface area contributed by atoms with Gasteiger partial charge in [-0.1, -0.05) is 26.7 Å². The highest BCUT2D eigenvalue weighted by Crippen LogP contribution is 2.31. The molecule has 24 heavy (non-hydrogen) atoms. The van der Waals surface area contributed by atoms with Crippen molar-refractivity contribution in [2.24, 2.45) is 11.8 Å². The molecule has 0 aromatic heterocycles. The van der Waals surface area contributed by atoms with Gasteiger partial charge in [0.05, 0.1) is 5.92 Å². The maximum absolute atomic E-state index is 12.9. The number of halogens is 3. The van der Waals surface area contributed by atoms with Gasteiger partial charge in [0, 0.05) is 25.0 Å². The topological polar surface area (TPSA) is 40.6 Å². The van der Waals surface area contributed by atoms with Crippen LogP contribution in [0.2, 0.25) is 0 Å². The van der Waals surface area contributed by atoms with Gasteiger partial charge in [0.15, 0.2) is 0 Å². The van der Waals surface area contributed by atoms with Crippen LogP contribution in [0, 0.1) is 11.8 Å². The van der Waals surface area contributed by atoms with Gasteiger partial charge in [-0.2, -0.15) is 13.2 Å². The van der Waals surface area contributed by atoms with Crippen molar-refractivity contribution in [2.45, 2.75) is 71.1 Å². The Bertz CT molecular complexity index is 473. The van der Waals surface area contributed by atoms with Crippen LogP contribution in [0.25, 0.3) is 0 Å². The third-order valence-electron chi connectivity index (χ3n) is 5.36. The van der Waals surface area contributed by atoms with Crippen molar-refractivity contribution in [3.63, 3.8) is 0 Å². The van der Waals surface area contributed by atoms with Gasteiger partial charge in [0.2, 0.25) is 11.8 Å². The lowest BCUT2D eigenvalue weighted by Gasteiger charge is -2.34. The molecule has 1 aliphatic carbocycles. The summed E-state index contributed by atoms with van der Waals surface area (Å²) in [5.74, 6) is -1.37. The molecule has 0 N–H and O–H groups in total. The summed E-state index contributed by atoms with van der Waals surface area (Å²) in [6, 6.07) is -0.358. The highest BCUT2D eigenvalue weighted by atomic mass is 19.4. The van der Waals surface area contributed by atoms with Crippen molar-refractivity contribution in [3.05, 3.63) is 0 Å². The Morgan fingerprint density at radius 3 is 2.33 bits per heavy atom. The minimum Gasteiger partial charge on any atom is -0.339 e. The zero-order chi connectivity index (χ0) is 18.1. The number of amides is 2. The predicted octanol–water partition coefficient (Wildman–Crippen LogP) is 3.21. The van der Waals surface area contributed by atoms with Crippen molar-refractivity contribution in [2.75, 3.05) is 13.1 Å². The normalized spacial score (nSPS) is 24.0. The minimum atomic E-state index is -4.44. The van der Waals surface area contributed by atoms with Gasteiger partial charge in [0.25, 0.3) is 0 Å². The zero-order valence-corrected chi connectivity index (χ0v) is 14.6. The predicted molar refractivity (Wildman–Crippen MR) is 84.1 cm³/mol. The Balaban J connectivity index is 2.09. The zero-order valence-electron chi connectivity index (χ0n) is 14.6. The van der Waals surface area contributed by atoms with E-state index in [0.717, 1.165) is 30.6 Å². The van der Waals surface area contributed by atoms with Gasteiger partial charge in [-0.05, 0) is 25.7 Å². The van der Waals surface area contributed by atoms with Gasteiger partial charge < -0.3 is 9.80 Å². The van der Waals surface area contributed by atoms with E-state index in [4.69, 9.17) is 0 Å². The first-order valence-electron chi connectivity index (χ1n) is 8.77. The number of alkyl halides is 3. The van der Waals surface area contributed by atoms with Crippen molar-refractivity contribution in [3.8, 4) is 0 Å². The molecule has 2 fully saturated rings. The average Bonchev–Trinajstić information content (AvgIpc) is 3.11. The molecule has 0 radical (unpaired) electrons. The fourth-order valence-electron chi connectivity index (χ4n) is 3.68. The fraction of sp³-hybridized carbons (Fsp3) is 0.882. The molecule has 0 spiro atoms. The van der Waals surface area contributed by atoms with Crippen molar-refractivity contribution < 1.29 is 22.8 Å². The Kier molecular flexibility index (Phi) is 5.81. The molecule has 2 unspecified atom stereocenters. The maximum Gasteiger partial charge on any atom is 0.406 e. The summed E-state index contributed by atoms with van der Waals surface area (Å²) >= 11 is 0. The summed E-state index contributed by atoms with van der Waals surface area (Å²) in [5, 5.41) is 0. The summed E-state index contributed by atoms with van der Waals surface area (Å²) in [4.78, 5) is 27.6. The van der Waals surface area contributed by atoms with Crippen molar-refractivity contribution in [1.82, 2.24) is 9.80 Å². The van der Waals surface area contributed by atoms with Gasteiger partial charge >= 0.3 is 6.18 Å². The van der Waals surface area contributed by atoms with E-state index >= 15 is 0 Å². The summed E-state index contributed by atoms with van der Waals surface area (Å²) in [6.07, 6.45) is -0.404. The largest absolute Gasteiger partial charge is 0.406 e. The number of rotatable bonds is 5. The van der Waals surface area contributed by atoms with Crippen LogP contribution < -0.4 is 0 Å². The molecule has 0 bridgehead atoms. The first-order chi connectivity index (χ1) is 11.1. The van der Waals surface area contributed by atoms with Crippen molar-refractivity contribution in [1.29, 1.82) is 0 Å². The lowest BCUT2D eigenvalue weighted by Crippen LogP contribution is -2.49. The van der Waals surface area contributed by atoms with E-state index in [9.17, 15) is 22.8 Å². The van der Waals surface area contributed by atoms with Crippen molar-refractivity contribution >= 4 is 11.8 Å². The first-order valence-corrected chi connectivity index (χ1v) is 8.77. The molecule has 1 saturated heterocycles. The molecule has 0 aromatic carbocycles. The Morgan fingerprint density at radius 1 is 1.25 bits per heavy atom. The molecule has 2 rings (SSSR count). The lowest BCUT2D eigenvalue weighted by atomic mass is 10.0. The fourth-order valence-corrected chi connectivity index (χ4v) is 3.68. The molecule has 2 aliphatic rings. The molecule has 1 aliphatic heterocycles. The SMILES string of the molecule is CC(C)C(C)N(CC(F)(F)F)C(=O)C1CC(=O)N(C2CCCC2)C1. The molecule has 1 saturated carbocycles. The summed E-state index contributed by atoms with van der Waals surface area (Å²) in [7, 11) is 0. The Hall–Kier alpha value is -1.27. The lowest BCUT2D eigenvalue weighted by molar-refractivity contribution is -0.169. The van der Waals surface area contributed by atoms with Crippen LogP contribution in [-0.2, 0) is 9.59 Å². The van der Waals surface area contributed by atoms with E-state index in [0.29, 0.717) is 0 Å². The van der Waals surface area contributed by atoms with Crippen LogP contribution in [-0.4, -0.2) is 53.0 Å². The van der Waals surface area contributed by atoms with E-state index < -0.39 is 30.6 Å². The van der Waals surface area contributed by atoms with E-state index in [1.54, 1.807) is 25.7 Å². The Labute approximate surface area is 141 Å². The minimum absolute atomic E-state index is 0.0362. The van der Waals surface area contributed by atoms with E-state index in [2.05, 4.69) is 0 Å². The molecule has 4 nitrogen and oxygen atoms in total. The number of hydrogen-bond acceptors (Lipinski definition) is 2. The average molecular weight is 348 g/mol. The summed E-state index contributed by atoms with van der Waals surface area (Å²) < 4.78 is 38.7. The van der Waals surface area contributed by atoms with Gasteiger partial charge in [-0.15, -0.1) is 0 Å². The monoisotopic (exact) mass is 348 g/mol. The second kappa shape index (κ2) is 7.31. The maximum atomic E-state index is 12.9.